The Labute approximate surface area is 135 Å². The zero-order valence-electron chi connectivity index (χ0n) is 13.0. The van der Waals surface area contributed by atoms with Gasteiger partial charge in [0.05, 0.1) is 17.7 Å². The lowest BCUT2D eigenvalue weighted by atomic mass is 10.2. The molecular formula is C15H19N3O4S. The lowest BCUT2D eigenvalue weighted by Gasteiger charge is -2.08. The molecule has 0 saturated heterocycles. The molecule has 7 nitrogen and oxygen atoms in total. The Morgan fingerprint density at radius 1 is 1.30 bits per heavy atom. The van der Waals surface area contributed by atoms with Crippen molar-refractivity contribution < 1.29 is 17.9 Å². The molecule has 0 aliphatic rings. The third kappa shape index (κ3) is 4.82. The topological polar surface area (TPSA) is 90.3 Å². The number of nitrogens with one attached hydrogen (secondary N) is 1. The van der Waals surface area contributed by atoms with Crippen LogP contribution in [0.15, 0.2) is 41.6 Å². The predicted octanol–water partition coefficient (Wildman–Crippen LogP) is 1.26. The minimum absolute atomic E-state index is 0.0238. The number of aryl methyl sites for hydroxylation is 2. The van der Waals surface area contributed by atoms with Crippen molar-refractivity contribution >= 4 is 15.9 Å². The summed E-state index contributed by atoms with van der Waals surface area (Å²) in [6, 6.07) is 5.92. The number of nitrogens with zero attached hydrogens (tertiary/aromatic N) is 2. The van der Waals surface area contributed by atoms with Crippen molar-refractivity contribution in [2.75, 3.05) is 6.61 Å². The number of ether oxygens (including phenoxy) is 1. The molecule has 1 heterocycles. The van der Waals surface area contributed by atoms with E-state index in [1.54, 1.807) is 36.3 Å². The lowest BCUT2D eigenvalue weighted by molar-refractivity contribution is -0.119. The van der Waals surface area contributed by atoms with Crippen molar-refractivity contribution in [2.45, 2.75) is 24.7 Å². The van der Waals surface area contributed by atoms with Crippen LogP contribution in [0.1, 0.15) is 18.9 Å². The molecule has 0 aliphatic heterocycles. The highest BCUT2D eigenvalue weighted by Gasteiger charge is 2.17. The zero-order chi connectivity index (χ0) is 16.9. The molecule has 1 amide bonds. The van der Waals surface area contributed by atoms with E-state index in [0.29, 0.717) is 18.8 Å². The van der Waals surface area contributed by atoms with Gasteiger partial charge < -0.3 is 4.74 Å². The molecule has 1 N–H and O–H groups in total. The summed E-state index contributed by atoms with van der Waals surface area (Å²) in [6.45, 7) is 2.34. The molecule has 0 fully saturated rings. The van der Waals surface area contributed by atoms with Gasteiger partial charge in [-0.2, -0.15) is 5.10 Å². The first-order valence-corrected chi connectivity index (χ1v) is 8.65. The summed E-state index contributed by atoms with van der Waals surface area (Å²) < 4.78 is 33.2. The van der Waals surface area contributed by atoms with Crippen LogP contribution in [-0.2, 0) is 28.3 Å². The van der Waals surface area contributed by atoms with Gasteiger partial charge in [0, 0.05) is 19.7 Å². The van der Waals surface area contributed by atoms with Gasteiger partial charge in [0.25, 0.3) is 10.0 Å². The maximum atomic E-state index is 12.1. The second kappa shape index (κ2) is 7.28. The van der Waals surface area contributed by atoms with Crippen LogP contribution >= 0.6 is 0 Å². The van der Waals surface area contributed by atoms with E-state index in [9.17, 15) is 13.2 Å². The molecule has 0 bridgehead atoms. The van der Waals surface area contributed by atoms with Crippen LogP contribution in [0.2, 0.25) is 0 Å². The van der Waals surface area contributed by atoms with Gasteiger partial charge in [-0.3, -0.25) is 9.48 Å². The number of benzene rings is 1. The summed E-state index contributed by atoms with van der Waals surface area (Å²) in [5.41, 5.74) is 0.876. The van der Waals surface area contributed by atoms with Gasteiger partial charge in [-0.05, 0) is 43.2 Å². The Hall–Kier alpha value is -2.35. The van der Waals surface area contributed by atoms with E-state index >= 15 is 0 Å². The van der Waals surface area contributed by atoms with Crippen molar-refractivity contribution in [3.05, 3.63) is 42.2 Å². The second-order valence-electron chi connectivity index (χ2n) is 4.96. The SMILES string of the molecule is CCOc1ccc(S(=O)(=O)NC(=O)CCc2cnn(C)c2)cc1. The lowest BCUT2D eigenvalue weighted by Crippen LogP contribution is -2.30. The van der Waals surface area contributed by atoms with Crippen LogP contribution in [0.4, 0.5) is 0 Å². The number of sulfonamides is 1. The van der Waals surface area contributed by atoms with Gasteiger partial charge in [-0.15, -0.1) is 0 Å². The Morgan fingerprint density at radius 2 is 2.00 bits per heavy atom. The highest BCUT2D eigenvalue weighted by Crippen LogP contribution is 2.16. The molecule has 2 rings (SSSR count). The minimum Gasteiger partial charge on any atom is -0.494 e. The predicted molar refractivity (Wildman–Crippen MR) is 84.5 cm³/mol. The Morgan fingerprint density at radius 3 is 2.57 bits per heavy atom. The molecule has 1 aromatic heterocycles. The largest absolute Gasteiger partial charge is 0.494 e. The average Bonchev–Trinajstić information content (AvgIpc) is 2.91. The summed E-state index contributed by atoms with van der Waals surface area (Å²) >= 11 is 0. The summed E-state index contributed by atoms with van der Waals surface area (Å²) in [5.74, 6) is 0.0251. The van der Waals surface area contributed by atoms with Crippen molar-refractivity contribution in [1.82, 2.24) is 14.5 Å². The first-order valence-electron chi connectivity index (χ1n) is 7.17. The molecule has 2 aromatic rings. The third-order valence-electron chi connectivity index (χ3n) is 3.09. The first kappa shape index (κ1) is 17.0. The van der Waals surface area contributed by atoms with Gasteiger partial charge in [-0.1, -0.05) is 0 Å². The Bertz CT molecular complexity index is 766. The van der Waals surface area contributed by atoms with Crippen LogP contribution < -0.4 is 9.46 Å². The summed E-state index contributed by atoms with van der Waals surface area (Å²) in [4.78, 5) is 11.9. The van der Waals surface area contributed by atoms with Gasteiger partial charge in [0.1, 0.15) is 5.75 Å². The molecular weight excluding hydrogens is 318 g/mol. The van der Waals surface area contributed by atoms with Gasteiger partial charge in [-0.25, -0.2) is 13.1 Å². The molecule has 23 heavy (non-hydrogen) atoms. The number of aromatic nitrogens is 2. The molecule has 0 saturated carbocycles. The van der Waals surface area contributed by atoms with Crippen LogP contribution in [0.3, 0.4) is 0 Å². The number of carbonyl (C=O) groups is 1. The van der Waals surface area contributed by atoms with Crippen LogP contribution in [0.25, 0.3) is 0 Å². The van der Waals surface area contributed by atoms with Crippen molar-refractivity contribution in [1.29, 1.82) is 0 Å². The molecule has 124 valence electrons. The van der Waals surface area contributed by atoms with Crippen LogP contribution in [0.5, 0.6) is 5.75 Å². The van der Waals surface area contributed by atoms with Crippen molar-refractivity contribution in [3.63, 3.8) is 0 Å². The fourth-order valence-corrected chi connectivity index (χ4v) is 3.01. The van der Waals surface area contributed by atoms with E-state index in [1.165, 1.54) is 12.1 Å². The Kier molecular flexibility index (Phi) is 5.38. The average molecular weight is 337 g/mol. The van der Waals surface area contributed by atoms with E-state index in [4.69, 9.17) is 4.74 Å². The number of amides is 1. The van der Waals surface area contributed by atoms with E-state index in [0.717, 1.165) is 5.56 Å². The number of rotatable bonds is 7. The first-order chi connectivity index (χ1) is 10.9. The fourth-order valence-electron chi connectivity index (χ4n) is 2.00. The summed E-state index contributed by atoms with van der Waals surface area (Å²) in [5, 5.41) is 3.99. The molecule has 0 spiro atoms. The monoisotopic (exact) mass is 337 g/mol. The summed E-state index contributed by atoms with van der Waals surface area (Å²) in [6.07, 6.45) is 3.93. The quantitative estimate of drug-likeness (QED) is 0.821. The second-order valence-corrected chi connectivity index (χ2v) is 6.64. The van der Waals surface area contributed by atoms with Gasteiger partial charge in [0.15, 0.2) is 0 Å². The molecule has 0 radical (unpaired) electrons. The van der Waals surface area contributed by atoms with E-state index in [1.807, 2.05) is 6.92 Å². The highest BCUT2D eigenvalue weighted by molar-refractivity contribution is 7.90. The summed E-state index contributed by atoms with van der Waals surface area (Å²) in [7, 11) is -2.09. The smallest absolute Gasteiger partial charge is 0.264 e. The molecule has 0 unspecified atom stereocenters. The molecule has 1 aromatic carbocycles. The van der Waals surface area contributed by atoms with E-state index < -0.39 is 15.9 Å². The van der Waals surface area contributed by atoms with E-state index in [-0.39, 0.29) is 11.3 Å². The van der Waals surface area contributed by atoms with E-state index in [2.05, 4.69) is 9.82 Å². The zero-order valence-corrected chi connectivity index (χ0v) is 13.8. The highest BCUT2D eigenvalue weighted by atomic mass is 32.2. The van der Waals surface area contributed by atoms with Crippen LogP contribution in [0, 0.1) is 0 Å². The standard InChI is InChI=1S/C15H19N3O4S/c1-3-22-13-5-7-14(8-6-13)23(20,21)17-15(19)9-4-12-10-16-18(2)11-12/h5-8,10-11H,3-4,9H2,1-2H3,(H,17,19). The maximum Gasteiger partial charge on any atom is 0.264 e. The normalized spacial score (nSPS) is 11.2. The van der Waals surface area contributed by atoms with Gasteiger partial charge >= 0.3 is 0 Å². The fraction of sp³-hybridized carbons (Fsp3) is 0.333. The minimum atomic E-state index is -3.87. The Balaban J connectivity index is 1.95. The maximum absolute atomic E-state index is 12.1. The number of carbonyl (C=O) groups excluding carboxylic acids is 1. The third-order valence-corrected chi connectivity index (χ3v) is 4.48. The number of hydrogen-bond donors (Lipinski definition) is 1. The van der Waals surface area contributed by atoms with Gasteiger partial charge in [0.2, 0.25) is 5.91 Å². The molecule has 8 heteroatoms. The molecule has 0 atom stereocenters. The van der Waals surface area contributed by atoms with Crippen LogP contribution in [-0.4, -0.2) is 30.7 Å². The van der Waals surface area contributed by atoms with Crippen molar-refractivity contribution in [3.8, 4) is 5.75 Å². The van der Waals surface area contributed by atoms with Crippen molar-refractivity contribution in [2.24, 2.45) is 7.05 Å². The molecule has 0 aliphatic carbocycles. The number of hydrogen-bond acceptors (Lipinski definition) is 5.